The van der Waals surface area contributed by atoms with Crippen LogP contribution < -0.4 is 0 Å². The lowest BCUT2D eigenvalue weighted by molar-refractivity contribution is -0.134. The number of carbonyl (C=O) groups is 1. The van der Waals surface area contributed by atoms with E-state index in [-0.39, 0.29) is 5.92 Å². The van der Waals surface area contributed by atoms with E-state index in [1.165, 1.54) is 6.92 Å². The van der Waals surface area contributed by atoms with Crippen molar-refractivity contribution in [2.45, 2.75) is 13.8 Å². The van der Waals surface area contributed by atoms with E-state index in [1.54, 1.807) is 6.92 Å². The Morgan fingerprint density at radius 1 is 1.62 bits per heavy atom. The molecule has 0 spiro atoms. The van der Waals surface area contributed by atoms with Crippen LogP contribution in [0.4, 0.5) is 0 Å². The Kier molecular flexibility index (Phi) is 2.71. The van der Waals surface area contributed by atoms with Gasteiger partial charge in [-0.05, 0) is 13.8 Å². The Hall–Kier alpha value is -0.970. The minimum absolute atomic E-state index is 0.188. The maximum Gasteiger partial charge on any atom is 0.323 e. The third-order valence-corrected chi connectivity index (χ3v) is 0.633. The largest absolute Gasteiger partial charge is 0.480 e. The number of hydrogen-bond donors (Lipinski definition) is 1. The predicted octanol–water partition coefficient (Wildman–Crippen LogP) is 0.689. The monoisotopic (exact) mass is 111 g/mol. The van der Waals surface area contributed by atoms with Gasteiger partial charge < -0.3 is 5.11 Å². The summed E-state index contributed by atoms with van der Waals surface area (Å²) < 4.78 is 0. The molecule has 0 saturated carbocycles. The van der Waals surface area contributed by atoms with Crippen LogP contribution in [0.1, 0.15) is 13.8 Å². The van der Waals surface area contributed by atoms with Crippen molar-refractivity contribution in [2.24, 2.45) is 0 Å². The molecule has 0 rings (SSSR count). The van der Waals surface area contributed by atoms with Crippen molar-refractivity contribution in [3.05, 3.63) is 5.92 Å². The lowest BCUT2D eigenvalue weighted by atomic mass is 10.2. The Bertz CT molecular complexity index is 138. The fourth-order valence-corrected chi connectivity index (χ4v) is 0.241. The van der Waals surface area contributed by atoms with E-state index in [9.17, 15) is 4.79 Å². The molecule has 0 atom stereocenters. The zero-order chi connectivity index (χ0) is 6.57. The summed E-state index contributed by atoms with van der Waals surface area (Å²) in [5.41, 5.74) is 0. The van der Waals surface area contributed by atoms with Crippen molar-refractivity contribution < 1.29 is 9.90 Å². The van der Waals surface area contributed by atoms with Crippen molar-refractivity contribution in [3.8, 4) is 11.8 Å². The van der Waals surface area contributed by atoms with Crippen LogP contribution in [0, 0.1) is 17.8 Å². The molecule has 1 N–H and O–H groups in total. The Morgan fingerprint density at radius 3 is 2.25 bits per heavy atom. The van der Waals surface area contributed by atoms with Gasteiger partial charge in [0, 0.05) is 0 Å². The molecule has 2 nitrogen and oxygen atoms in total. The number of carboxylic acid groups (broad SMARTS) is 1. The fourth-order valence-electron chi connectivity index (χ4n) is 0.241. The molecule has 0 aromatic rings. The third kappa shape index (κ3) is 2.25. The highest BCUT2D eigenvalue weighted by molar-refractivity contribution is 5.86. The summed E-state index contributed by atoms with van der Waals surface area (Å²) in [4.78, 5) is 9.95. The van der Waals surface area contributed by atoms with Crippen LogP contribution in [0.3, 0.4) is 0 Å². The quantitative estimate of drug-likeness (QED) is 0.505. The summed E-state index contributed by atoms with van der Waals surface area (Å²) in [5.74, 6) is 4.14. The molecule has 1 radical (unpaired) electrons. The van der Waals surface area contributed by atoms with Gasteiger partial charge in [0.2, 0.25) is 0 Å². The van der Waals surface area contributed by atoms with Crippen LogP contribution in [0.2, 0.25) is 0 Å². The smallest absolute Gasteiger partial charge is 0.323 e. The minimum Gasteiger partial charge on any atom is -0.480 e. The van der Waals surface area contributed by atoms with E-state index < -0.39 is 5.97 Å². The number of rotatable bonds is 1. The third-order valence-electron chi connectivity index (χ3n) is 0.633. The first-order chi connectivity index (χ1) is 3.68. The second-order valence-electron chi connectivity index (χ2n) is 1.31. The molecule has 0 aromatic heterocycles. The van der Waals surface area contributed by atoms with Crippen molar-refractivity contribution in [2.75, 3.05) is 0 Å². The maximum absolute atomic E-state index is 9.95. The van der Waals surface area contributed by atoms with Gasteiger partial charge in [-0.1, -0.05) is 5.92 Å². The van der Waals surface area contributed by atoms with Gasteiger partial charge in [-0.2, -0.15) is 0 Å². The highest BCUT2D eigenvalue weighted by Crippen LogP contribution is 1.92. The zero-order valence-corrected chi connectivity index (χ0v) is 4.86. The van der Waals surface area contributed by atoms with Crippen LogP contribution >= 0.6 is 0 Å². The van der Waals surface area contributed by atoms with Crippen LogP contribution in [0.5, 0.6) is 0 Å². The highest BCUT2D eigenvalue weighted by Gasteiger charge is 2.05. The second kappa shape index (κ2) is 3.09. The standard InChI is InChI=1S/C6H7O2/c1-3-4-5(2)6(7)8/h1-2H3,(H,7,8). The zero-order valence-electron chi connectivity index (χ0n) is 4.86. The van der Waals surface area contributed by atoms with Crippen molar-refractivity contribution in [1.82, 2.24) is 0 Å². The molecule has 8 heavy (non-hydrogen) atoms. The molecule has 0 unspecified atom stereocenters. The molecule has 0 heterocycles. The van der Waals surface area contributed by atoms with E-state index in [2.05, 4.69) is 11.8 Å². The number of carboxylic acids is 1. The average molecular weight is 111 g/mol. The lowest BCUT2D eigenvalue weighted by Gasteiger charge is -1.88. The molecular formula is C6H7O2. The Morgan fingerprint density at radius 2 is 2.12 bits per heavy atom. The summed E-state index contributed by atoms with van der Waals surface area (Å²) in [6, 6.07) is 0. The van der Waals surface area contributed by atoms with E-state index in [0.717, 1.165) is 0 Å². The summed E-state index contributed by atoms with van der Waals surface area (Å²) >= 11 is 0. The summed E-state index contributed by atoms with van der Waals surface area (Å²) in [7, 11) is 0. The molecule has 2 heteroatoms. The highest BCUT2D eigenvalue weighted by atomic mass is 16.4. The first kappa shape index (κ1) is 7.03. The fraction of sp³-hybridized carbons (Fsp3) is 0.333. The topological polar surface area (TPSA) is 37.3 Å². The Balaban J connectivity index is 3.77. The van der Waals surface area contributed by atoms with Gasteiger partial charge in [0.15, 0.2) is 5.92 Å². The molecule has 0 saturated heterocycles. The van der Waals surface area contributed by atoms with Crippen LogP contribution in [0.25, 0.3) is 0 Å². The first-order valence-electron chi connectivity index (χ1n) is 2.18. The van der Waals surface area contributed by atoms with Gasteiger partial charge in [0.1, 0.15) is 0 Å². The molecule has 0 aromatic carbocycles. The summed E-state index contributed by atoms with van der Waals surface area (Å²) in [6.07, 6.45) is 0. The molecule has 0 bridgehead atoms. The molecule has 0 amide bonds. The molecular weight excluding hydrogens is 104 g/mol. The molecule has 0 aliphatic heterocycles. The minimum atomic E-state index is -0.945. The van der Waals surface area contributed by atoms with E-state index in [1.807, 2.05) is 0 Å². The van der Waals surface area contributed by atoms with Crippen LogP contribution in [0.15, 0.2) is 0 Å². The Labute approximate surface area is 48.5 Å². The van der Waals surface area contributed by atoms with Gasteiger partial charge >= 0.3 is 5.97 Å². The van der Waals surface area contributed by atoms with E-state index >= 15 is 0 Å². The molecule has 43 valence electrons. The second-order valence-corrected chi connectivity index (χ2v) is 1.31. The average Bonchev–Trinajstić information content (AvgIpc) is 1.67. The number of hydrogen-bond acceptors (Lipinski definition) is 1. The lowest BCUT2D eigenvalue weighted by Crippen LogP contribution is -2.03. The molecule has 0 aliphatic rings. The SMILES string of the molecule is CC#C[C](C)C(=O)O. The van der Waals surface area contributed by atoms with Gasteiger partial charge in [0.05, 0.1) is 0 Å². The van der Waals surface area contributed by atoms with Crippen molar-refractivity contribution in [3.63, 3.8) is 0 Å². The van der Waals surface area contributed by atoms with E-state index in [4.69, 9.17) is 5.11 Å². The summed E-state index contributed by atoms with van der Waals surface area (Å²) in [5, 5.41) is 8.17. The van der Waals surface area contributed by atoms with Gasteiger partial charge in [-0.25, -0.2) is 0 Å². The van der Waals surface area contributed by atoms with Crippen molar-refractivity contribution >= 4 is 5.97 Å². The van der Waals surface area contributed by atoms with Gasteiger partial charge in [-0.15, -0.1) is 5.92 Å². The maximum atomic E-state index is 9.95. The summed E-state index contributed by atoms with van der Waals surface area (Å²) in [6.45, 7) is 3.07. The van der Waals surface area contributed by atoms with E-state index in [0.29, 0.717) is 0 Å². The van der Waals surface area contributed by atoms with Crippen molar-refractivity contribution in [1.29, 1.82) is 0 Å². The van der Waals surface area contributed by atoms with Crippen LogP contribution in [-0.4, -0.2) is 11.1 Å². The predicted molar refractivity (Wildman–Crippen MR) is 30.0 cm³/mol. The first-order valence-corrected chi connectivity index (χ1v) is 2.18. The number of aliphatic carboxylic acids is 1. The molecule has 0 fully saturated rings. The van der Waals surface area contributed by atoms with Crippen LogP contribution in [-0.2, 0) is 4.79 Å². The van der Waals surface area contributed by atoms with Gasteiger partial charge in [-0.3, -0.25) is 4.79 Å². The molecule has 0 aliphatic carbocycles. The van der Waals surface area contributed by atoms with Gasteiger partial charge in [0.25, 0.3) is 0 Å². The normalized spacial score (nSPS) is 7.88.